The highest BCUT2D eigenvalue weighted by atomic mass is 19.4. The summed E-state index contributed by atoms with van der Waals surface area (Å²) in [5.41, 5.74) is -0.956. The highest BCUT2D eigenvalue weighted by Gasteiger charge is 2.39. The lowest BCUT2D eigenvalue weighted by Gasteiger charge is -2.40. The maximum absolute atomic E-state index is 13.8. The molecule has 10 heteroatoms. The smallest absolute Gasteiger partial charge is 0.391 e. The molecule has 1 aliphatic carbocycles. The van der Waals surface area contributed by atoms with Crippen LogP contribution in [0.5, 0.6) is 0 Å². The number of likely N-dealkylation sites (tertiary alicyclic amines) is 1. The lowest BCUT2D eigenvalue weighted by Crippen LogP contribution is -2.48. The molecule has 5 nitrogen and oxygen atoms in total. The Bertz CT molecular complexity index is 1010. The van der Waals surface area contributed by atoms with Crippen LogP contribution in [-0.2, 0) is 22.3 Å². The Kier molecular flexibility index (Phi) is 10.4. The predicted molar refractivity (Wildman–Crippen MR) is 146 cm³/mol. The average molecular weight is 589 g/mol. The molecular weight excluding hydrogens is 543 g/mol. The number of piperidine rings is 1. The molecule has 2 saturated heterocycles. The maximum Gasteiger partial charge on any atom is 0.416 e. The van der Waals surface area contributed by atoms with Gasteiger partial charge in [-0.1, -0.05) is 32.0 Å². The van der Waals surface area contributed by atoms with Gasteiger partial charge >= 0.3 is 6.18 Å². The number of benzene rings is 1. The van der Waals surface area contributed by atoms with Crippen LogP contribution >= 0.6 is 0 Å². The largest absolute Gasteiger partial charge is 0.416 e. The average Bonchev–Trinajstić information content (AvgIpc) is 2.90. The number of nitrogens with zero attached hydrogens (tertiary/aromatic N) is 2. The third-order valence-corrected chi connectivity index (χ3v) is 9.43. The molecule has 1 aromatic carbocycles. The van der Waals surface area contributed by atoms with Crippen molar-refractivity contribution < 1.29 is 36.6 Å². The van der Waals surface area contributed by atoms with Crippen LogP contribution in [0.2, 0.25) is 0 Å². The molecule has 3 aliphatic rings. The van der Waals surface area contributed by atoms with Crippen LogP contribution in [0, 0.1) is 23.2 Å². The summed E-state index contributed by atoms with van der Waals surface area (Å²) in [4.78, 5) is 17.5. The van der Waals surface area contributed by atoms with Gasteiger partial charge in [0.25, 0.3) is 0 Å². The molecular formula is C31H45F5N2O3. The Hall–Kier alpha value is -1.78. The van der Waals surface area contributed by atoms with E-state index in [0.29, 0.717) is 52.1 Å². The molecule has 0 unspecified atom stereocenters. The van der Waals surface area contributed by atoms with Crippen LogP contribution in [0.15, 0.2) is 24.3 Å². The molecule has 1 aromatic rings. The molecule has 1 N–H and O–H groups in total. The van der Waals surface area contributed by atoms with Crippen molar-refractivity contribution in [3.05, 3.63) is 35.4 Å². The molecule has 0 bridgehead atoms. The van der Waals surface area contributed by atoms with Crippen molar-refractivity contribution in [2.45, 2.75) is 90.0 Å². The van der Waals surface area contributed by atoms with Crippen LogP contribution in [-0.4, -0.2) is 72.2 Å². The van der Waals surface area contributed by atoms with Crippen molar-refractivity contribution in [3.8, 4) is 0 Å². The number of aliphatic hydroxyl groups is 1. The zero-order valence-electron chi connectivity index (χ0n) is 24.3. The standard InChI is InChI=1S/C31H45F5N2O3/c1-29(2)21-41-15-5-7-24-18-37(19-25-6-3-4-8-26(25)31(34,35)36)14-11-23(24)16-28(40)38(20-27(29)39)17-22-9-12-30(32,33)13-10-22/h3-4,6,8,22-24,27,39H,5,7,9-21H2,1-2H3/t23-,24-,27-/m0/s1. The fraction of sp³-hybridized carbons (Fsp3) is 0.774. The molecule has 41 heavy (non-hydrogen) atoms. The minimum Gasteiger partial charge on any atom is -0.391 e. The zero-order chi connectivity index (χ0) is 29.8. The van der Waals surface area contributed by atoms with Gasteiger partial charge in [0.05, 0.1) is 18.3 Å². The van der Waals surface area contributed by atoms with Crippen molar-refractivity contribution >= 4 is 5.91 Å². The van der Waals surface area contributed by atoms with E-state index in [1.165, 1.54) is 12.1 Å². The number of carbonyl (C=O) groups is 1. The second-order valence-electron chi connectivity index (χ2n) is 13.2. The Balaban J connectivity index is 1.48. The Morgan fingerprint density at radius 3 is 2.44 bits per heavy atom. The third kappa shape index (κ3) is 8.86. The van der Waals surface area contributed by atoms with Crippen molar-refractivity contribution in [3.63, 3.8) is 0 Å². The lowest BCUT2D eigenvalue weighted by molar-refractivity contribution is -0.139. The number of hydrogen-bond donors (Lipinski definition) is 1. The third-order valence-electron chi connectivity index (χ3n) is 9.43. The molecule has 4 rings (SSSR count). The topological polar surface area (TPSA) is 53.0 Å². The summed E-state index contributed by atoms with van der Waals surface area (Å²) in [5, 5.41) is 11.1. The van der Waals surface area contributed by atoms with Crippen LogP contribution < -0.4 is 0 Å². The lowest BCUT2D eigenvalue weighted by atomic mass is 9.79. The number of ether oxygens (including phenoxy) is 1. The second kappa shape index (κ2) is 13.2. The fourth-order valence-electron chi connectivity index (χ4n) is 6.63. The van der Waals surface area contributed by atoms with E-state index >= 15 is 0 Å². The van der Waals surface area contributed by atoms with Crippen LogP contribution in [0.1, 0.15) is 76.3 Å². The number of rotatable bonds is 4. The molecule has 2 aliphatic heterocycles. The van der Waals surface area contributed by atoms with Gasteiger partial charge in [-0.3, -0.25) is 9.69 Å². The van der Waals surface area contributed by atoms with Gasteiger partial charge in [0.2, 0.25) is 11.8 Å². The number of β-amino-alcohol motifs (C(OH)–C–C–N with tert-alkyl or cyclic N) is 1. The molecule has 1 saturated carbocycles. The minimum absolute atomic E-state index is 0.0350. The van der Waals surface area contributed by atoms with Crippen molar-refractivity contribution in [1.29, 1.82) is 0 Å². The van der Waals surface area contributed by atoms with Gasteiger partial charge < -0.3 is 14.7 Å². The van der Waals surface area contributed by atoms with Crippen molar-refractivity contribution in [1.82, 2.24) is 9.80 Å². The van der Waals surface area contributed by atoms with Crippen LogP contribution in [0.3, 0.4) is 0 Å². The first kappa shape index (κ1) is 32.1. The van der Waals surface area contributed by atoms with Crippen molar-refractivity contribution in [2.24, 2.45) is 23.2 Å². The van der Waals surface area contributed by atoms with Gasteiger partial charge in [-0.2, -0.15) is 13.2 Å². The summed E-state index contributed by atoms with van der Waals surface area (Å²) >= 11 is 0. The molecule has 1 amide bonds. The fourth-order valence-corrected chi connectivity index (χ4v) is 6.63. The molecule has 0 aromatic heterocycles. The van der Waals surface area contributed by atoms with Crippen molar-refractivity contribution in [2.75, 3.05) is 39.4 Å². The molecule has 0 spiro atoms. The minimum atomic E-state index is -4.42. The summed E-state index contributed by atoms with van der Waals surface area (Å²) in [6, 6.07) is 5.68. The number of carbonyl (C=O) groups excluding carboxylic acids is 1. The predicted octanol–water partition coefficient (Wildman–Crippen LogP) is 6.39. The second-order valence-corrected chi connectivity index (χ2v) is 13.2. The summed E-state index contributed by atoms with van der Waals surface area (Å²) in [6.07, 6.45) is -2.40. The van der Waals surface area contributed by atoms with E-state index in [4.69, 9.17) is 4.74 Å². The normalized spacial score (nSPS) is 29.2. The number of alkyl halides is 5. The number of aliphatic hydroxyl groups excluding tert-OH is 1. The SMILES string of the molecule is CC1(C)COCCC[C@H]2CN(Cc3ccccc3C(F)(F)F)CC[C@H]2CC(=O)N(CC2CCC(F)(F)CC2)C[C@@H]1O. The van der Waals surface area contributed by atoms with E-state index < -0.39 is 29.2 Å². The maximum atomic E-state index is 13.8. The van der Waals surface area contributed by atoms with E-state index in [0.717, 1.165) is 18.9 Å². The molecule has 0 radical (unpaired) electrons. The quantitative estimate of drug-likeness (QED) is 0.415. The summed E-state index contributed by atoms with van der Waals surface area (Å²) in [5.74, 6) is -2.60. The molecule has 2 heterocycles. The number of hydrogen-bond acceptors (Lipinski definition) is 4. The van der Waals surface area contributed by atoms with Gasteiger partial charge in [0.1, 0.15) is 0 Å². The number of amides is 1. The Morgan fingerprint density at radius 1 is 1.02 bits per heavy atom. The monoisotopic (exact) mass is 588 g/mol. The first-order valence-electron chi connectivity index (χ1n) is 15.0. The van der Waals surface area contributed by atoms with E-state index in [2.05, 4.69) is 4.90 Å². The van der Waals surface area contributed by atoms with Gasteiger partial charge in [0, 0.05) is 57.5 Å². The highest BCUT2D eigenvalue weighted by Crippen LogP contribution is 2.38. The van der Waals surface area contributed by atoms with Crippen LogP contribution in [0.4, 0.5) is 22.0 Å². The van der Waals surface area contributed by atoms with Crippen LogP contribution in [0.25, 0.3) is 0 Å². The number of fused-ring (bicyclic) bond motifs is 1. The molecule has 3 fully saturated rings. The van der Waals surface area contributed by atoms with E-state index in [1.807, 2.05) is 13.8 Å². The van der Waals surface area contributed by atoms with Gasteiger partial charge in [0.15, 0.2) is 0 Å². The zero-order valence-corrected chi connectivity index (χ0v) is 24.3. The van der Waals surface area contributed by atoms with E-state index in [9.17, 15) is 31.9 Å². The first-order valence-corrected chi connectivity index (χ1v) is 15.0. The number of halogens is 5. The summed E-state index contributed by atoms with van der Waals surface area (Å²) < 4.78 is 74.3. The summed E-state index contributed by atoms with van der Waals surface area (Å²) in [6.45, 7) is 6.47. The first-order chi connectivity index (χ1) is 19.2. The van der Waals surface area contributed by atoms with E-state index in [1.54, 1.807) is 11.0 Å². The van der Waals surface area contributed by atoms with Gasteiger partial charge in [-0.05, 0) is 68.0 Å². The molecule has 3 atom stereocenters. The van der Waals surface area contributed by atoms with Gasteiger partial charge in [-0.15, -0.1) is 0 Å². The summed E-state index contributed by atoms with van der Waals surface area (Å²) in [7, 11) is 0. The van der Waals surface area contributed by atoms with Gasteiger partial charge in [-0.25, -0.2) is 8.78 Å². The van der Waals surface area contributed by atoms with E-state index in [-0.39, 0.29) is 61.6 Å². The molecule has 232 valence electrons. The Morgan fingerprint density at radius 2 is 1.73 bits per heavy atom. The highest BCUT2D eigenvalue weighted by molar-refractivity contribution is 5.76. The Labute approximate surface area is 240 Å².